The fraction of sp³-hybridized carbons (Fsp3) is 0.400. The summed E-state index contributed by atoms with van der Waals surface area (Å²) in [7, 11) is 0. The molecule has 38 heavy (non-hydrogen) atoms. The Morgan fingerprint density at radius 1 is 0.632 bits per heavy atom. The Morgan fingerprint density at radius 2 is 0.921 bits per heavy atom. The molecule has 7 rings (SSSR count). The van der Waals surface area contributed by atoms with Crippen LogP contribution in [0, 0.1) is 0 Å². The van der Waals surface area contributed by atoms with Gasteiger partial charge in [-0.05, 0) is 63.8 Å². The number of benzene rings is 2. The summed E-state index contributed by atoms with van der Waals surface area (Å²) in [6, 6.07) is 15.4. The highest BCUT2D eigenvalue weighted by molar-refractivity contribution is 6.20. The van der Waals surface area contributed by atoms with Crippen LogP contribution in [0.5, 0.6) is 0 Å². The van der Waals surface area contributed by atoms with E-state index in [1.807, 2.05) is 48.5 Å². The van der Waals surface area contributed by atoms with E-state index in [1.165, 1.54) is 0 Å². The minimum atomic E-state index is -1.06. The van der Waals surface area contributed by atoms with Gasteiger partial charge < -0.3 is 9.47 Å². The van der Waals surface area contributed by atoms with Gasteiger partial charge in [-0.3, -0.25) is 9.59 Å². The molecule has 2 aliphatic heterocycles. The van der Waals surface area contributed by atoms with Gasteiger partial charge >= 0.3 is 12.2 Å². The SMILES string of the molecule is CC(C)(C)OC(=O)N1CC23C(=C4C(=O)N(C(=O)OC(C)(C)C)CC4(c4ccccc42)c2ccccc23)C1=O. The second kappa shape index (κ2) is 7.34. The number of carbonyl (C=O) groups is 4. The maximum atomic E-state index is 14.1. The van der Waals surface area contributed by atoms with Crippen molar-refractivity contribution in [2.24, 2.45) is 0 Å². The van der Waals surface area contributed by atoms with E-state index in [2.05, 4.69) is 0 Å². The van der Waals surface area contributed by atoms with Gasteiger partial charge in [0.05, 0.1) is 23.9 Å². The summed E-state index contributed by atoms with van der Waals surface area (Å²) in [6.45, 7) is 10.4. The number of rotatable bonds is 0. The highest BCUT2D eigenvalue weighted by Crippen LogP contribution is 2.66. The number of hydrogen-bond acceptors (Lipinski definition) is 6. The maximum Gasteiger partial charge on any atom is 0.417 e. The Labute approximate surface area is 221 Å². The molecule has 2 heterocycles. The molecule has 2 spiro atoms. The molecule has 0 aromatic heterocycles. The molecule has 2 bridgehead atoms. The smallest absolute Gasteiger partial charge is 0.417 e. The van der Waals surface area contributed by atoms with Crippen molar-refractivity contribution >= 4 is 24.0 Å². The average molecular weight is 515 g/mol. The Balaban J connectivity index is 1.64. The third-order valence-electron chi connectivity index (χ3n) is 7.73. The molecule has 8 heteroatoms. The average Bonchev–Trinajstić information content (AvgIpc) is 3.31. The topological polar surface area (TPSA) is 93.2 Å². The lowest BCUT2D eigenvalue weighted by atomic mass is 9.48. The van der Waals surface area contributed by atoms with Crippen LogP contribution in [0.2, 0.25) is 0 Å². The molecule has 8 nitrogen and oxygen atoms in total. The standard InChI is InChI=1S/C30H30N2O6/c1-27(2,3)37-25(35)31-15-29-17-11-7-9-13-19(17)30(20-14-10-8-12-18(20)29)16-32(26(36)38-28(4,5)6)24(34)22(30)21(29)23(31)33/h7-14H,15-16H2,1-6H3. The lowest BCUT2D eigenvalue weighted by molar-refractivity contribution is -0.126. The van der Waals surface area contributed by atoms with Gasteiger partial charge in [-0.1, -0.05) is 48.5 Å². The first-order valence-electron chi connectivity index (χ1n) is 12.8. The largest absolute Gasteiger partial charge is 0.443 e. The van der Waals surface area contributed by atoms with Gasteiger partial charge in [0, 0.05) is 11.1 Å². The summed E-state index contributed by atoms with van der Waals surface area (Å²) in [5, 5.41) is 0. The van der Waals surface area contributed by atoms with Crippen LogP contribution in [-0.2, 0) is 29.9 Å². The monoisotopic (exact) mass is 514 g/mol. The molecule has 5 aliphatic rings. The number of carbonyl (C=O) groups excluding carboxylic acids is 4. The van der Waals surface area contributed by atoms with Crippen LogP contribution in [0.25, 0.3) is 0 Å². The Morgan fingerprint density at radius 3 is 1.18 bits per heavy atom. The van der Waals surface area contributed by atoms with E-state index in [9.17, 15) is 19.2 Å². The van der Waals surface area contributed by atoms with E-state index in [-0.39, 0.29) is 24.2 Å². The normalized spacial score (nSPS) is 25.2. The summed E-state index contributed by atoms with van der Waals surface area (Å²) in [5.41, 5.74) is 0.181. The van der Waals surface area contributed by atoms with Crippen LogP contribution >= 0.6 is 0 Å². The van der Waals surface area contributed by atoms with E-state index < -0.39 is 46.0 Å². The van der Waals surface area contributed by atoms with Crippen LogP contribution in [-0.4, -0.2) is 58.1 Å². The Hall–Kier alpha value is -3.94. The van der Waals surface area contributed by atoms with Crippen molar-refractivity contribution in [1.29, 1.82) is 0 Å². The summed E-state index contributed by atoms with van der Waals surface area (Å²) < 4.78 is 11.2. The third kappa shape index (κ3) is 2.97. The number of imide groups is 2. The number of likely N-dealkylation sites (tertiary alicyclic amines) is 2. The van der Waals surface area contributed by atoms with Crippen LogP contribution in [0.1, 0.15) is 63.8 Å². The first-order valence-corrected chi connectivity index (χ1v) is 12.8. The van der Waals surface area contributed by atoms with Gasteiger partial charge in [0.15, 0.2) is 0 Å². The van der Waals surface area contributed by atoms with Gasteiger partial charge in [-0.15, -0.1) is 0 Å². The van der Waals surface area contributed by atoms with Crippen LogP contribution in [0.3, 0.4) is 0 Å². The zero-order chi connectivity index (χ0) is 27.4. The molecule has 2 aromatic carbocycles. The molecule has 0 radical (unpaired) electrons. The van der Waals surface area contributed by atoms with E-state index in [0.717, 1.165) is 32.1 Å². The van der Waals surface area contributed by atoms with Crippen molar-refractivity contribution in [1.82, 2.24) is 9.80 Å². The highest BCUT2D eigenvalue weighted by atomic mass is 16.6. The molecular weight excluding hydrogens is 484 g/mol. The Bertz CT molecular complexity index is 1330. The van der Waals surface area contributed by atoms with E-state index in [1.54, 1.807) is 41.5 Å². The highest BCUT2D eigenvalue weighted by Gasteiger charge is 2.70. The second-order valence-electron chi connectivity index (χ2n) is 12.4. The predicted octanol–water partition coefficient (Wildman–Crippen LogP) is 4.44. The number of nitrogens with zero attached hydrogens (tertiary/aromatic N) is 2. The molecule has 4 amide bonds. The number of amides is 4. The van der Waals surface area contributed by atoms with Crippen molar-refractivity contribution in [2.45, 2.75) is 63.6 Å². The molecule has 2 aromatic rings. The van der Waals surface area contributed by atoms with Gasteiger partial charge in [0.2, 0.25) is 0 Å². The van der Waals surface area contributed by atoms with Gasteiger partial charge in [0.1, 0.15) is 11.2 Å². The number of hydrogen-bond donors (Lipinski definition) is 0. The molecule has 3 aliphatic carbocycles. The van der Waals surface area contributed by atoms with Crippen LogP contribution in [0.15, 0.2) is 59.7 Å². The fourth-order valence-corrected chi connectivity index (χ4v) is 6.61. The summed E-state index contributed by atoms with van der Waals surface area (Å²) in [6.07, 6.45) is -1.53. The molecular formula is C30H30N2O6. The predicted molar refractivity (Wildman–Crippen MR) is 137 cm³/mol. The zero-order valence-corrected chi connectivity index (χ0v) is 22.4. The molecule has 0 saturated carbocycles. The molecule has 0 unspecified atom stereocenters. The first kappa shape index (κ1) is 24.4. The van der Waals surface area contributed by atoms with Crippen molar-refractivity contribution < 1.29 is 28.7 Å². The van der Waals surface area contributed by atoms with E-state index in [4.69, 9.17) is 9.47 Å². The molecule has 0 atom stereocenters. The first-order chi connectivity index (χ1) is 17.7. The quantitative estimate of drug-likeness (QED) is 0.516. The summed E-state index contributed by atoms with van der Waals surface area (Å²) in [5.74, 6) is -1.14. The van der Waals surface area contributed by atoms with Crippen molar-refractivity contribution in [3.05, 3.63) is 81.9 Å². The van der Waals surface area contributed by atoms with Crippen molar-refractivity contribution in [3.8, 4) is 0 Å². The van der Waals surface area contributed by atoms with E-state index in [0.29, 0.717) is 0 Å². The molecule has 2 saturated heterocycles. The van der Waals surface area contributed by atoms with Gasteiger partial charge in [-0.25, -0.2) is 19.4 Å². The lowest BCUT2D eigenvalue weighted by Gasteiger charge is -2.51. The zero-order valence-electron chi connectivity index (χ0n) is 22.4. The van der Waals surface area contributed by atoms with E-state index >= 15 is 0 Å². The molecule has 2 fully saturated rings. The van der Waals surface area contributed by atoms with Gasteiger partial charge in [-0.2, -0.15) is 0 Å². The van der Waals surface area contributed by atoms with Crippen LogP contribution in [0.4, 0.5) is 9.59 Å². The van der Waals surface area contributed by atoms with Crippen LogP contribution < -0.4 is 0 Å². The van der Waals surface area contributed by atoms with Crippen molar-refractivity contribution in [2.75, 3.05) is 13.1 Å². The third-order valence-corrected chi connectivity index (χ3v) is 7.73. The molecule has 0 N–H and O–H groups in total. The maximum absolute atomic E-state index is 14.1. The fourth-order valence-electron chi connectivity index (χ4n) is 6.61. The second-order valence-corrected chi connectivity index (χ2v) is 12.4. The number of ether oxygens (including phenoxy) is 2. The summed E-state index contributed by atoms with van der Waals surface area (Å²) in [4.78, 5) is 57.1. The van der Waals surface area contributed by atoms with Gasteiger partial charge in [0.25, 0.3) is 11.8 Å². The summed E-state index contributed by atoms with van der Waals surface area (Å²) >= 11 is 0. The lowest BCUT2D eigenvalue weighted by Crippen LogP contribution is -2.52. The van der Waals surface area contributed by atoms with Crippen molar-refractivity contribution in [3.63, 3.8) is 0 Å². The minimum Gasteiger partial charge on any atom is -0.443 e. The molecule has 196 valence electrons. The Kier molecular flexibility index (Phi) is 4.71. The minimum absolute atomic E-state index is 0.00338.